The van der Waals surface area contributed by atoms with E-state index in [9.17, 15) is 13.2 Å². The van der Waals surface area contributed by atoms with Gasteiger partial charge >= 0.3 is 5.97 Å². The van der Waals surface area contributed by atoms with Crippen LogP contribution in [0.15, 0.2) is 23.1 Å². The van der Waals surface area contributed by atoms with Crippen molar-refractivity contribution in [1.82, 2.24) is 9.62 Å². The molecule has 0 amide bonds. The van der Waals surface area contributed by atoms with Crippen LogP contribution in [0.5, 0.6) is 0 Å². The second-order valence-electron chi connectivity index (χ2n) is 5.40. The van der Waals surface area contributed by atoms with Crippen LogP contribution in [0.25, 0.3) is 0 Å². The standard InChI is InChI=1S/C15H21ClN2O4S.ClH/c1-3-8-18(12-6-7-17-10-12)23(20,21)14-5-4-11(9-13(14)16)15(19)22-2;/h4-5,9,12,17H,3,6-8,10H2,1-2H3;1H. The first-order valence-corrected chi connectivity index (χ1v) is 9.34. The average Bonchev–Trinajstić information content (AvgIpc) is 3.05. The van der Waals surface area contributed by atoms with Crippen LogP contribution in [0.2, 0.25) is 5.02 Å². The molecule has 6 nitrogen and oxygen atoms in total. The van der Waals surface area contributed by atoms with E-state index in [0.29, 0.717) is 19.5 Å². The highest BCUT2D eigenvalue weighted by Gasteiger charge is 2.34. The number of benzene rings is 1. The molecule has 1 heterocycles. The molecule has 0 saturated carbocycles. The van der Waals surface area contributed by atoms with Crippen molar-refractivity contribution < 1.29 is 17.9 Å². The summed E-state index contributed by atoms with van der Waals surface area (Å²) in [4.78, 5) is 11.5. The summed E-state index contributed by atoms with van der Waals surface area (Å²) in [6.07, 6.45) is 1.49. The van der Waals surface area contributed by atoms with Gasteiger partial charge in [-0.25, -0.2) is 13.2 Å². The number of ether oxygens (including phenoxy) is 1. The van der Waals surface area contributed by atoms with Gasteiger partial charge in [-0.3, -0.25) is 0 Å². The largest absolute Gasteiger partial charge is 0.465 e. The highest BCUT2D eigenvalue weighted by Crippen LogP contribution is 2.28. The molecular formula is C15H22Cl2N2O4S. The molecule has 1 aromatic rings. The van der Waals surface area contributed by atoms with Crippen LogP contribution in [0, 0.1) is 0 Å². The van der Waals surface area contributed by atoms with Gasteiger partial charge in [0.05, 0.1) is 17.7 Å². The number of methoxy groups -OCH3 is 1. The van der Waals surface area contributed by atoms with E-state index in [0.717, 1.165) is 13.0 Å². The van der Waals surface area contributed by atoms with E-state index < -0.39 is 16.0 Å². The van der Waals surface area contributed by atoms with E-state index in [4.69, 9.17) is 11.6 Å². The van der Waals surface area contributed by atoms with Crippen LogP contribution in [-0.4, -0.2) is 51.5 Å². The first kappa shape index (κ1) is 21.2. The maximum atomic E-state index is 13.0. The van der Waals surface area contributed by atoms with Crippen molar-refractivity contribution in [2.45, 2.75) is 30.7 Å². The molecule has 24 heavy (non-hydrogen) atoms. The summed E-state index contributed by atoms with van der Waals surface area (Å²) in [5.41, 5.74) is 0.223. The molecular weight excluding hydrogens is 375 g/mol. The summed E-state index contributed by atoms with van der Waals surface area (Å²) in [5.74, 6) is -0.554. The van der Waals surface area contributed by atoms with E-state index >= 15 is 0 Å². The van der Waals surface area contributed by atoms with Gasteiger partial charge < -0.3 is 10.1 Å². The number of rotatable bonds is 6. The summed E-state index contributed by atoms with van der Waals surface area (Å²) in [5, 5.41) is 3.21. The lowest BCUT2D eigenvalue weighted by Gasteiger charge is -2.27. The zero-order chi connectivity index (χ0) is 17.0. The van der Waals surface area contributed by atoms with Crippen molar-refractivity contribution in [1.29, 1.82) is 0 Å². The summed E-state index contributed by atoms with van der Waals surface area (Å²) in [6, 6.07) is 4.05. The highest BCUT2D eigenvalue weighted by molar-refractivity contribution is 7.89. The smallest absolute Gasteiger partial charge is 0.337 e. The fourth-order valence-corrected chi connectivity index (χ4v) is 4.95. The third-order valence-electron chi connectivity index (χ3n) is 3.83. The second-order valence-corrected chi connectivity index (χ2v) is 7.67. The van der Waals surface area contributed by atoms with Gasteiger partial charge in [-0.1, -0.05) is 18.5 Å². The fourth-order valence-electron chi connectivity index (χ4n) is 2.69. The minimum Gasteiger partial charge on any atom is -0.465 e. The molecule has 9 heteroatoms. The van der Waals surface area contributed by atoms with E-state index in [-0.39, 0.29) is 33.9 Å². The first-order valence-electron chi connectivity index (χ1n) is 7.52. The monoisotopic (exact) mass is 396 g/mol. The van der Waals surface area contributed by atoms with Gasteiger partial charge in [0, 0.05) is 19.1 Å². The fraction of sp³-hybridized carbons (Fsp3) is 0.533. The number of nitrogens with zero attached hydrogens (tertiary/aromatic N) is 1. The average molecular weight is 397 g/mol. The van der Waals surface area contributed by atoms with Crippen molar-refractivity contribution in [2.24, 2.45) is 0 Å². The molecule has 0 aliphatic carbocycles. The number of nitrogens with one attached hydrogen (secondary N) is 1. The van der Waals surface area contributed by atoms with Crippen LogP contribution >= 0.6 is 24.0 Å². The Kier molecular flexibility index (Phi) is 7.95. The molecule has 1 aliphatic heterocycles. The van der Waals surface area contributed by atoms with Gasteiger partial charge in [0.25, 0.3) is 0 Å². The number of carbonyl (C=O) groups is 1. The van der Waals surface area contributed by atoms with Crippen LogP contribution in [0.4, 0.5) is 0 Å². The van der Waals surface area contributed by atoms with Crippen molar-refractivity contribution in [3.63, 3.8) is 0 Å². The summed E-state index contributed by atoms with van der Waals surface area (Å²) in [7, 11) is -2.46. The normalized spacial score (nSPS) is 17.6. The van der Waals surface area contributed by atoms with E-state index in [2.05, 4.69) is 10.1 Å². The van der Waals surface area contributed by atoms with Gasteiger partial charge in [-0.05, 0) is 37.6 Å². The van der Waals surface area contributed by atoms with Gasteiger partial charge in [0.1, 0.15) is 4.90 Å². The minimum atomic E-state index is -3.72. The number of hydrogen-bond donors (Lipinski definition) is 1. The van der Waals surface area contributed by atoms with Gasteiger partial charge in [-0.15, -0.1) is 12.4 Å². The van der Waals surface area contributed by atoms with Crippen molar-refractivity contribution in [2.75, 3.05) is 26.7 Å². The lowest BCUT2D eigenvalue weighted by atomic mass is 10.2. The number of carbonyl (C=O) groups excluding carboxylic acids is 1. The number of hydrogen-bond acceptors (Lipinski definition) is 5. The molecule has 1 saturated heterocycles. The van der Waals surface area contributed by atoms with Crippen LogP contribution < -0.4 is 5.32 Å². The minimum absolute atomic E-state index is 0. The number of sulfonamides is 1. The topological polar surface area (TPSA) is 75.7 Å². The number of halogens is 2. The molecule has 0 spiro atoms. The Bertz CT molecular complexity index is 676. The van der Waals surface area contributed by atoms with Gasteiger partial charge in [-0.2, -0.15) is 4.31 Å². The van der Waals surface area contributed by atoms with Crippen LogP contribution in [0.1, 0.15) is 30.1 Å². The maximum Gasteiger partial charge on any atom is 0.337 e. The molecule has 1 fully saturated rings. The molecule has 1 aromatic carbocycles. The Balaban J connectivity index is 0.00000288. The predicted molar refractivity (Wildman–Crippen MR) is 95.5 cm³/mol. The molecule has 1 N–H and O–H groups in total. The van der Waals surface area contributed by atoms with Gasteiger partial charge in [0.2, 0.25) is 10.0 Å². The van der Waals surface area contributed by atoms with E-state index in [1.807, 2.05) is 6.92 Å². The lowest BCUT2D eigenvalue weighted by Crippen LogP contribution is -2.42. The Morgan fingerprint density at radius 3 is 2.67 bits per heavy atom. The van der Waals surface area contributed by atoms with E-state index in [1.54, 1.807) is 0 Å². The second kappa shape index (κ2) is 9.01. The quantitative estimate of drug-likeness (QED) is 0.746. The number of esters is 1. The molecule has 0 aromatic heterocycles. The Hall–Kier alpha value is -0.860. The molecule has 136 valence electrons. The van der Waals surface area contributed by atoms with Gasteiger partial charge in [0.15, 0.2) is 0 Å². The van der Waals surface area contributed by atoms with Crippen LogP contribution in [-0.2, 0) is 14.8 Å². The van der Waals surface area contributed by atoms with Crippen molar-refractivity contribution >= 4 is 40.0 Å². The third kappa shape index (κ3) is 4.40. The Labute approximate surface area is 154 Å². The highest BCUT2D eigenvalue weighted by atomic mass is 35.5. The summed E-state index contributed by atoms with van der Waals surface area (Å²) >= 11 is 6.14. The summed E-state index contributed by atoms with van der Waals surface area (Å²) in [6.45, 7) is 3.81. The first-order chi connectivity index (χ1) is 10.9. The summed E-state index contributed by atoms with van der Waals surface area (Å²) < 4.78 is 32.1. The Morgan fingerprint density at radius 2 is 2.17 bits per heavy atom. The molecule has 1 unspecified atom stereocenters. The molecule has 2 rings (SSSR count). The third-order valence-corrected chi connectivity index (χ3v) is 6.26. The molecule has 1 atom stereocenters. The SMILES string of the molecule is CCCN(C1CCNC1)S(=O)(=O)c1ccc(C(=O)OC)cc1Cl.Cl. The zero-order valence-electron chi connectivity index (χ0n) is 13.6. The predicted octanol–water partition coefficient (Wildman–Crippen LogP) is 2.31. The molecule has 0 radical (unpaired) electrons. The van der Waals surface area contributed by atoms with Crippen molar-refractivity contribution in [3.8, 4) is 0 Å². The molecule has 0 bridgehead atoms. The van der Waals surface area contributed by atoms with Crippen LogP contribution in [0.3, 0.4) is 0 Å². The van der Waals surface area contributed by atoms with E-state index in [1.165, 1.54) is 29.6 Å². The lowest BCUT2D eigenvalue weighted by molar-refractivity contribution is 0.0600. The van der Waals surface area contributed by atoms with Crippen molar-refractivity contribution in [3.05, 3.63) is 28.8 Å². The zero-order valence-corrected chi connectivity index (χ0v) is 16.0. The molecule has 1 aliphatic rings. The Morgan fingerprint density at radius 1 is 1.46 bits per heavy atom. The maximum absolute atomic E-state index is 13.0.